The van der Waals surface area contributed by atoms with E-state index in [1.54, 1.807) is 0 Å². The molecule has 0 atom stereocenters. The molecule has 0 bridgehead atoms. The van der Waals surface area contributed by atoms with Gasteiger partial charge in [-0.1, -0.05) is 0 Å². The maximum absolute atomic E-state index is 12.7. The third kappa shape index (κ3) is 3.26. The van der Waals surface area contributed by atoms with E-state index in [0.717, 1.165) is 10.6 Å². The second-order valence-corrected chi connectivity index (χ2v) is 6.08. The van der Waals surface area contributed by atoms with Crippen molar-refractivity contribution >= 4 is 22.6 Å². The van der Waals surface area contributed by atoms with Crippen molar-refractivity contribution in [2.75, 3.05) is 5.32 Å². The van der Waals surface area contributed by atoms with Gasteiger partial charge in [-0.25, -0.2) is 14.8 Å². The van der Waals surface area contributed by atoms with Gasteiger partial charge >= 0.3 is 11.9 Å². The summed E-state index contributed by atoms with van der Waals surface area (Å²) >= 11 is 0. The molecular formula is C17H14F3N5O3. The minimum atomic E-state index is -4.61. The van der Waals surface area contributed by atoms with Crippen LogP contribution < -0.4 is 16.6 Å². The number of alkyl halides is 3. The molecule has 0 radical (unpaired) electrons. The van der Waals surface area contributed by atoms with Gasteiger partial charge in [0, 0.05) is 14.1 Å². The number of halogens is 3. The van der Waals surface area contributed by atoms with E-state index in [0.29, 0.717) is 6.07 Å². The Morgan fingerprint density at radius 1 is 1.14 bits per heavy atom. The number of anilines is 1. The molecule has 0 unspecified atom stereocenters. The molecule has 0 saturated carbocycles. The van der Waals surface area contributed by atoms with Crippen molar-refractivity contribution < 1.29 is 18.0 Å². The van der Waals surface area contributed by atoms with Gasteiger partial charge in [0.1, 0.15) is 11.3 Å². The van der Waals surface area contributed by atoms with E-state index in [4.69, 9.17) is 0 Å². The molecule has 0 fully saturated rings. The lowest BCUT2D eigenvalue weighted by atomic mass is 10.1. The Morgan fingerprint density at radius 2 is 1.82 bits per heavy atom. The lowest BCUT2D eigenvalue weighted by Crippen LogP contribution is -2.37. The predicted octanol–water partition coefficient (Wildman–Crippen LogP) is 1.61. The first-order chi connectivity index (χ1) is 13.0. The summed E-state index contributed by atoms with van der Waals surface area (Å²) in [5.41, 5.74) is -2.10. The Labute approximate surface area is 155 Å². The van der Waals surface area contributed by atoms with Crippen LogP contribution in [0.2, 0.25) is 0 Å². The summed E-state index contributed by atoms with van der Waals surface area (Å²) < 4.78 is 40.2. The fourth-order valence-electron chi connectivity index (χ4n) is 2.69. The van der Waals surface area contributed by atoms with E-state index in [-0.39, 0.29) is 28.0 Å². The minimum absolute atomic E-state index is 0.0542. The average Bonchev–Trinajstić information content (AvgIpc) is 2.63. The van der Waals surface area contributed by atoms with E-state index in [1.807, 2.05) is 0 Å². The number of aryl methyl sites for hydroxylation is 2. The van der Waals surface area contributed by atoms with Crippen LogP contribution in [0.25, 0.3) is 11.0 Å². The smallest absolute Gasteiger partial charge is 0.321 e. The molecule has 0 spiro atoms. The van der Waals surface area contributed by atoms with Crippen molar-refractivity contribution in [3.8, 4) is 0 Å². The first-order valence-electron chi connectivity index (χ1n) is 7.92. The number of aromatic nitrogens is 4. The van der Waals surface area contributed by atoms with Crippen molar-refractivity contribution in [1.29, 1.82) is 0 Å². The van der Waals surface area contributed by atoms with E-state index >= 15 is 0 Å². The highest BCUT2D eigenvalue weighted by Crippen LogP contribution is 2.28. The molecule has 3 heterocycles. The van der Waals surface area contributed by atoms with Crippen molar-refractivity contribution in [2.45, 2.75) is 13.1 Å². The molecule has 3 rings (SSSR count). The molecule has 1 amide bonds. The molecular weight excluding hydrogens is 379 g/mol. The van der Waals surface area contributed by atoms with Gasteiger partial charge in [-0.3, -0.25) is 18.7 Å². The molecule has 0 aliphatic carbocycles. The fourth-order valence-corrected chi connectivity index (χ4v) is 2.69. The van der Waals surface area contributed by atoms with Crippen LogP contribution in [-0.2, 0) is 20.3 Å². The predicted molar refractivity (Wildman–Crippen MR) is 94.2 cm³/mol. The topological polar surface area (TPSA) is 98.9 Å². The molecule has 8 nitrogen and oxygen atoms in total. The standard InChI is InChI=1S/C17H14F3N5O3/c1-8-10(4-5-12(22-8)17(18,19)20)14(26)23-9-6-11-13(21-7-9)24(2)16(28)25(3)15(11)27/h4-7H,1-3H3,(H,23,26). The van der Waals surface area contributed by atoms with E-state index in [2.05, 4.69) is 15.3 Å². The summed E-state index contributed by atoms with van der Waals surface area (Å²) in [4.78, 5) is 44.0. The summed E-state index contributed by atoms with van der Waals surface area (Å²) in [5.74, 6) is -0.707. The van der Waals surface area contributed by atoms with E-state index < -0.39 is 29.0 Å². The highest BCUT2D eigenvalue weighted by Gasteiger charge is 2.33. The minimum Gasteiger partial charge on any atom is -0.321 e. The Hall–Kier alpha value is -3.50. The second kappa shape index (κ2) is 6.59. The van der Waals surface area contributed by atoms with Crippen molar-refractivity contribution in [3.05, 3.63) is 62.2 Å². The molecule has 0 aliphatic rings. The molecule has 28 heavy (non-hydrogen) atoms. The number of rotatable bonds is 2. The van der Waals surface area contributed by atoms with Gasteiger partial charge in [-0.15, -0.1) is 0 Å². The van der Waals surface area contributed by atoms with Crippen molar-refractivity contribution in [2.24, 2.45) is 14.1 Å². The summed E-state index contributed by atoms with van der Waals surface area (Å²) in [6.07, 6.45) is -3.37. The van der Waals surface area contributed by atoms with Crippen LogP contribution in [0.15, 0.2) is 34.0 Å². The number of hydrogen-bond acceptors (Lipinski definition) is 5. The third-order valence-electron chi connectivity index (χ3n) is 4.17. The van der Waals surface area contributed by atoms with Crippen LogP contribution >= 0.6 is 0 Å². The van der Waals surface area contributed by atoms with Crippen LogP contribution in [0.1, 0.15) is 21.7 Å². The van der Waals surface area contributed by atoms with Crippen LogP contribution in [0.4, 0.5) is 18.9 Å². The molecule has 0 saturated heterocycles. The first-order valence-corrected chi connectivity index (χ1v) is 7.92. The molecule has 11 heteroatoms. The number of pyridine rings is 2. The van der Waals surface area contributed by atoms with Gasteiger partial charge < -0.3 is 5.32 Å². The maximum atomic E-state index is 12.7. The van der Waals surface area contributed by atoms with Crippen molar-refractivity contribution in [3.63, 3.8) is 0 Å². The summed E-state index contributed by atoms with van der Waals surface area (Å²) in [6, 6.07) is 3.08. The average molecular weight is 393 g/mol. The number of hydrogen-bond donors (Lipinski definition) is 1. The van der Waals surface area contributed by atoms with Crippen molar-refractivity contribution in [1.82, 2.24) is 19.1 Å². The summed E-state index contributed by atoms with van der Waals surface area (Å²) in [6.45, 7) is 1.29. The first kappa shape index (κ1) is 19.3. The highest BCUT2D eigenvalue weighted by atomic mass is 19.4. The van der Waals surface area contributed by atoms with Crippen LogP contribution in [0.5, 0.6) is 0 Å². The largest absolute Gasteiger partial charge is 0.433 e. The molecule has 3 aromatic heterocycles. The molecule has 0 aliphatic heterocycles. The Morgan fingerprint density at radius 3 is 2.43 bits per heavy atom. The lowest BCUT2D eigenvalue weighted by Gasteiger charge is -2.11. The number of nitrogens with zero attached hydrogens (tertiary/aromatic N) is 4. The summed E-state index contributed by atoms with van der Waals surface area (Å²) in [7, 11) is 2.76. The fraction of sp³-hybridized carbons (Fsp3) is 0.235. The Bertz CT molecular complexity index is 1230. The van der Waals surface area contributed by atoms with Crippen LogP contribution in [0.3, 0.4) is 0 Å². The van der Waals surface area contributed by atoms with E-state index in [1.165, 1.54) is 37.8 Å². The van der Waals surface area contributed by atoms with Crippen LogP contribution in [-0.4, -0.2) is 25.0 Å². The Balaban J connectivity index is 1.98. The lowest BCUT2D eigenvalue weighted by molar-refractivity contribution is -0.141. The molecule has 0 aromatic carbocycles. The monoisotopic (exact) mass is 393 g/mol. The normalized spacial score (nSPS) is 11.6. The van der Waals surface area contributed by atoms with E-state index in [9.17, 15) is 27.6 Å². The summed E-state index contributed by atoms with van der Waals surface area (Å²) in [5, 5.41) is 2.57. The van der Waals surface area contributed by atoms with Gasteiger partial charge in [-0.05, 0) is 25.1 Å². The number of fused-ring (bicyclic) bond motifs is 1. The molecule has 3 aromatic rings. The molecule has 1 N–H and O–H groups in total. The van der Waals surface area contributed by atoms with Crippen LogP contribution in [0, 0.1) is 6.92 Å². The zero-order chi connectivity index (χ0) is 20.8. The number of amides is 1. The quantitative estimate of drug-likeness (QED) is 0.713. The second-order valence-electron chi connectivity index (χ2n) is 6.08. The number of carbonyl (C=O) groups excluding carboxylic acids is 1. The van der Waals surface area contributed by atoms with Gasteiger partial charge in [0.05, 0.1) is 28.5 Å². The molecule has 146 valence electrons. The van der Waals surface area contributed by atoms with Gasteiger partial charge in [-0.2, -0.15) is 13.2 Å². The number of carbonyl (C=O) groups is 1. The zero-order valence-electron chi connectivity index (χ0n) is 15.0. The highest BCUT2D eigenvalue weighted by molar-refractivity contribution is 6.05. The SMILES string of the molecule is Cc1nc(C(F)(F)F)ccc1C(=O)Nc1cnc2c(c1)c(=O)n(C)c(=O)n2C. The van der Waals surface area contributed by atoms with Gasteiger partial charge in [0.25, 0.3) is 11.5 Å². The zero-order valence-corrected chi connectivity index (χ0v) is 15.0. The van der Waals surface area contributed by atoms with Gasteiger partial charge in [0.2, 0.25) is 0 Å². The Kier molecular flexibility index (Phi) is 4.53. The maximum Gasteiger partial charge on any atom is 0.433 e. The third-order valence-corrected chi connectivity index (χ3v) is 4.17. The van der Waals surface area contributed by atoms with Gasteiger partial charge in [0.15, 0.2) is 0 Å². The number of nitrogens with one attached hydrogen (secondary N) is 1.